The molecule has 0 aromatic heterocycles. The van der Waals surface area contributed by atoms with E-state index in [1.807, 2.05) is 11.8 Å². The number of hydrogen-bond donors (Lipinski definition) is 1. The van der Waals surface area contributed by atoms with Crippen LogP contribution in [0.15, 0.2) is 29.2 Å². The van der Waals surface area contributed by atoms with E-state index >= 15 is 0 Å². The van der Waals surface area contributed by atoms with E-state index in [1.54, 1.807) is 0 Å². The van der Waals surface area contributed by atoms with Gasteiger partial charge in [-0.25, -0.2) is 0 Å². The number of fused-ring (bicyclic) bond motifs is 1. The molecule has 2 aliphatic rings. The number of hydrogen-bond acceptors (Lipinski definition) is 3. The standard InChI is InChI=1S/C14H19NS2/c1-2-6-14-12(5-1)13(7-9-17-14)15-10-11-4-3-8-16-11/h1-2,5-6,11,13,15H,3-4,7-10H2. The predicted octanol–water partition coefficient (Wildman–Crippen LogP) is 3.71. The second kappa shape index (κ2) is 5.68. The lowest BCUT2D eigenvalue weighted by Crippen LogP contribution is -2.29. The van der Waals surface area contributed by atoms with Crippen LogP contribution >= 0.6 is 23.5 Å². The molecule has 0 saturated carbocycles. The van der Waals surface area contributed by atoms with Crippen LogP contribution in [0.3, 0.4) is 0 Å². The van der Waals surface area contributed by atoms with Crippen molar-refractivity contribution in [2.75, 3.05) is 18.1 Å². The lowest BCUT2D eigenvalue weighted by molar-refractivity contribution is 0.504. The van der Waals surface area contributed by atoms with E-state index in [0.717, 1.165) is 5.25 Å². The largest absolute Gasteiger partial charge is 0.309 e. The van der Waals surface area contributed by atoms with Crippen LogP contribution in [0.1, 0.15) is 30.9 Å². The summed E-state index contributed by atoms with van der Waals surface area (Å²) in [7, 11) is 0. The first kappa shape index (κ1) is 11.9. The predicted molar refractivity (Wildman–Crippen MR) is 78.0 cm³/mol. The molecule has 0 aliphatic carbocycles. The van der Waals surface area contributed by atoms with Crippen LogP contribution in [0.5, 0.6) is 0 Å². The Balaban J connectivity index is 1.64. The van der Waals surface area contributed by atoms with Gasteiger partial charge in [0.2, 0.25) is 0 Å². The van der Waals surface area contributed by atoms with E-state index in [4.69, 9.17) is 0 Å². The zero-order chi connectivity index (χ0) is 11.5. The third kappa shape index (κ3) is 2.83. The first-order valence-electron chi connectivity index (χ1n) is 6.50. The molecule has 2 atom stereocenters. The molecular formula is C14H19NS2. The van der Waals surface area contributed by atoms with Crippen molar-refractivity contribution >= 4 is 23.5 Å². The lowest BCUT2D eigenvalue weighted by Gasteiger charge is -2.27. The fraction of sp³-hybridized carbons (Fsp3) is 0.571. The first-order chi connectivity index (χ1) is 8.43. The molecule has 3 heteroatoms. The lowest BCUT2D eigenvalue weighted by atomic mass is 10.0. The third-order valence-corrected chi connectivity index (χ3v) is 6.10. The zero-order valence-electron chi connectivity index (χ0n) is 10.0. The Bertz CT molecular complexity index is 374. The molecule has 2 aliphatic heterocycles. The van der Waals surface area contributed by atoms with E-state index in [0.29, 0.717) is 6.04 Å². The summed E-state index contributed by atoms with van der Waals surface area (Å²) < 4.78 is 0. The maximum absolute atomic E-state index is 3.79. The SMILES string of the molecule is c1ccc2c(c1)SCCC2NCC1CCCS1. The van der Waals surface area contributed by atoms with E-state index in [-0.39, 0.29) is 0 Å². The molecule has 0 spiro atoms. The quantitative estimate of drug-likeness (QED) is 0.895. The van der Waals surface area contributed by atoms with Crippen molar-refractivity contribution in [1.82, 2.24) is 5.32 Å². The van der Waals surface area contributed by atoms with Crippen molar-refractivity contribution in [3.63, 3.8) is 0 Å². The van der Waals surface area contributed by atoms with Crippen molar-refractivity contribution in [2.45, 2.75) is 35.4 Å². The first-order valence-corrected chi connectivity index (χ1v) is 8.53. The van der Waals surface area contributed by atoms with Crippen molar-refractivity contribution in [3.8, 4) is 0 Å². The van der Waals surface area contributed by atoms with Crippen molar-refractivity contribution < 1.29 is 0 Å². The van der Waals surface area contributed by atoms with Gasteiger partial charge in [-0.3, -0.25) is 0 Å². The second-order valence-electron chi connectivity index (χ2n) is 4.77. The molecule has 3 rings (SSSR count). The van der Waals surface area contributed by atoms with Gasteiger partial charge in [-0.2, -0.15) is 11.8 Å². The number of benzene rings is 1. The molecule has 0 amide bonds. The Hall–Kier alpha value is -0.120. The van der Waals surface area contributed by atoms with Gasteiger partial charge in [0, 0.05) is 22.7 Å². The Morgan fingerprint density at radius 3 is 3.00 bits per heavy atom. The van der Waals surface area contributed by atoms with Gasteiger partial charge in [-0.05, 0) is 42.4 Å². The highest BCUT2D eigenvalue weighted by Crippen LogP contribution is 2.36. The molecule has 1 N–H and O–H groups in total. The summed E-state index contributed by atoms with van der Waals surface area (Å²) in [5.74, 6) is 2.62. The summed E-state index contributed by atoms with van der Waals surface area (Å²) in [6.07, 6.45) is 4.09. The molecule has 1 aromatic rings. The summed E-state index contributed by atoms with van der Waals surface area (Å²) in [6, 6.07) is 9.47. The Morgan fingerprint density at radius 2 is 2.12 bits per heavy atom. The van der Waals surface area contributed by atoms with Crippen LogP contribution in [0.2, 0.25) is 0 Å². The van der Waals surface area contributed by atoms with Crippen LogP contribution in [0.4, 0.5) is 0 Å². The number of rotatable bonds is 3. The molecular weight excluding hydrogens is 246 g/mol. The van der Waals surface area contributed by atoms with E-state index < -0.39 is 0 Å². The molecule has 17 heavy (non-hydrogen) atoms. The minimum Gasteiger partial charge on any atom is -0.309 e. The summed E-state index contributed by atoms with van der Waals surface area (Å²) >= 11 is 4.15. The average Bonchev–Trinajstić information content (AvgIpc) is 2.89. The molecule has 1 aromatic carbocycles. The molecule has 0 bridgehead atoms. The van der Waals surface area contributed by atoms with Crippen molar-refractivity contribution in [2.24, 2.45) is 0 Å². The normalized spacial score (nSPS) is 28.0. The molecule has 2 heterocycles. The third-order valence-electron chi connectivity index (χ3n) is 3.57. The minimum absolute atomic E-state index is 0.591. The zero-order valence-corrected chi connectivity index (χ0v) is 11.7. The number of nitrogens with one attached hydrogen (secondary N) is 1. The average molecular weight is 265 g/mol. The van der Waals surface area contributed by atoms with Crippen LogP contribution in [-0.2, 0) is 0 Å². The smallest absolute Gasteiger partial charge is 0.0339 e. The van der Waals surface area contributed by atoms with Gasteiger partial charge < -0.3 is 5.32 Å². The van der Waals surface area contributed by atoms with Crippen LogP contribution in [0, 0.1) is 0 Å². The maximum Gasteiger partial charge on any atom is 0.0339 e. The van der Waals surface area contributed by atoms with Crippen LogP contribution < -0.4 is 5.32 Å². The molecule has 1 nitrogen and oxygen atoms in total. The molecule has 1 saturated heterocycles. The fourth-order valence-electron chi connectivity index (χ4n) is 2.63. The van der Waals surface area contributed by atoms with E-state index in [2.05, 4.69) is 41.3 Å². The van der Waals surface area contributed by atoms with Crippen LogP contribution in [0.25, 0.3) is 0 Å². The van der Waals surface area contributed by atoms with Gasteiger partial charge in [-0.15, -0.1) is 11.8 Å². The van der Waals surface area contributed by atoms with Gasteiger partial charge >= 0.3 is 0 Å². The van der Waals surface area contributed by atoms with Gasteiger partial charge in [0.25, 0.3) is 0 Å². The minimum atomic E-state index is 0.591. The summed E-state index contributed by atoms with van der Waals surface area (Å²) in [6.45, 7) is 1.19. The molecule has 1 fully saturated rings. The van der Waals surface area contributed by atoms with Gasteiger partial charge in [-0.1, -0.05) is 18.2 Å². The fourth-order valence-corrected chi connectivity index (χ4v) is 4.97. The Morgan fingerprint density at radius 1 is 1.18 bits per heavy atom. The summed E-state index contributed by atoms with van der Waals surface area (Å²) in [4.78, 5) is 1.48. The maximum atomic E-state index is 3.79. The Labute approximate surface area is 112 Å². The highest BCUT2D eigenvalue weighted by atomic mass is 32.2. The second-order valence-corrected chi connectivity index (χ2v) is 7.32. The number of thioether (sulfide) groups is 2. The molecule has 0 radical (unpaired) electrons. The highest BCUT2D eigenvalue weighted by Gasteiger charge is 2.22. The monoisotopic (exact) mass is 265 g/mol. The molecule has 2 unspecified atom stereocenters. The topological polar surface area (TPSA) is 12.0 Å². The van der Waals surface area contributed by atoms with E-state index in [9.17, 15) is 0 Å². The highest BCUT2D eigenvalue weighted by molar-refractivity contribution is 8.00. The Kier molecular flexibility index (Phi) is 3.99. The van der Waals surface area contributed by atoms with Gasteiger partial charge in [0.15, 0.2) is 0 Å². The van der Waals surface area contributed by atoms with Crippen molar-refractivity contribution in [1.29, 1.82) is 0 Å². The summed E-state index contributed by atoms with van der Waals surface area (Å²) in [5, 5.41) is 4.64. The summed E-state index contributed by atoms with van der Waals surface area (Å²) in [5.41, 5.74) is 1.52. The van der Waals surface area contributed by atoms with Gasteiger partial charge in [0.05, 0.1) is 0 Å². The van der Waals surface area contributed by atoms with E-state index in [1.165, 1.54) is 47.8 Å². The van der Waals surface area contributed by atoms with Gasteiger partial charge in [0.1, 0.15) is 0 Å². The van der Waals surface area contributed by atoms with Crippen molar-refractivity contribution in [3.05, 3.63) is 29.8 Å². The molecule has 92 valence electrons. The van der Waals surface area contributed by atoms with Crippen LogP contribution in [-0.4, -0.2) is 23.3 Å².